The van der Waals surface area contributed by atoms with Crippen molar-refractivity contribution in [3.63, 3.8) is 0 Å². The van der Waals surface area contributed by atoms with Crippen LogP contribution in [0.15, 0.2) is 73.1 Å². The Bertz CT molecular complexity index is 1260. The molecule has 1 aromatic heterocycles. The maximum Gasteiger partial charge on any atom is 0.144 e. The average molecular weight is 420 g/mol. The average Bonchev–Trinajstić information content (AvgIpc) is 3.28. The summed E-state index contributed by atoms with van der Waals surface area (Å²) in [4.78, 5) is 4.71. The van der Waals surface area contributed by atoms with E-state index in [1.165, 1.54) is 27.9 Å². The summed E-state index contributed by atoms with van der Waals surface area (Å²) < 4.78 is 2.25. The first kappa shape index (κ1) is 21.6. The van der Waals surface area contributed by atoms with E-state index in [1.807, 2.05) is 24.4 Å². The summed E-state index contributed by atoms with van der Waals surface area (Å²) >= 11 is 0. The molecule has 0 aliphatic rings. The van der Waals surface area contributed by atoms with E-state index in [1.54, 1.807) is 0 Å². The minimum absolute atomic E-state index is 0.340. The summed E-state index contributed by atoms with van der Waals surface area (Å²) in [6.45, 7) is 11.1. The largest absolute Gasteiger partial charge is 0.299 e. The first-order valence-corrected chi connectivity index (χ1v) is 11.2. The van der Waals surface area contributed by atoms with Crippen LogP contribution in [0, 0.1) is 18.3 Å². The third-order valence-electron chi connectivity index (χ3n) is 5.99. The summed E-state index contributed by atoms with van der Waals surface area (Å²) in [7, 11) is 0. The number of nitriles is 1. The molecule has 4 aromatic rings. The van der Waals surface area contributed by atoms with Gasteiger partial charge < -0.3 is 0 Å². The van der Waals surface area contributed by atoms with Crippen LogP contribution in [0.1, 0.15) is 61.8 Å². The molecule has 0 bridgehead atoms. The van der Waals surface area contributed by atoms with Gasteiger partial charge >= 0.3 is 0 Å². The van der Waals surface area contributed by atoms with Crippen molar-refractivity contribution in [2.24, 2.45) is 0 Å². The number of imidazole rings is 1. The van der Waals surface area contributed by atoms with Gasteiger partial charge in [-0.1, -0.05) is 64.1 Å². The molecule has 0 saturated carbocycles. The van der Waals surface area contributed by atoms with Crippen molar-refractivity contribution in [3.8, 4) is 34.3 Å². The Labute approximate surface area is 191 Å². The second-order valence-corrected chi connectivity index (χ2v) is 8.94. The molecule has 0 saturated heterocycles. The molecule has 160 valence electrons. The zero-order chi connectivity index (χ0) is 22.8. The minimum Gasteiger partial charge on any atom is -0.299 e. The van der Waals surface area contributed by atoms with E-state index in [0.29, 0.717) is 17.4 Å². The lowest BCUT2D eigenvalue weighted by molar-refractivity contribution is 0.807. The molecule has 1 heterocycles. The number of benzene rings is 3. The van der Waals surface area contributed by atoms with Crippen molar-refractivity contribution >= 4 is 0 Å². The zero-order valence-electron chi connectivity index (χ0n) is 19.4. The van der Waals surface area contributed by atoms with Gasteiger partial charge in [0.2, 0.25) is 0 Å². The van der Waals surface area contributed by atoms with Gasteiger partial charge in [-0.15, -0.1) is 0 Å². The van der Waals surface area contributed by atoms with E-state index in [4.69, 9.17) is 4.98 Å². The second kappa shape index (κ2) is 8.85. The van der Waals surface area contributed by atoms with Crippen molar-refractivity contribution in [2.45, 2.75) is 46.5 Å². The van der Waals surface area contributed by atoms with Crippen molar-refractivity contribution in [3.05, 3.63) is 95.3 Å². The van der Waals surface area contributed by atoms with Gasteiger partial charge in [0, 0.05) is 18.0 Å². The topological polar surface area (TPSA) is 41.6 Å². The number of hydrogen-bond acceptors (Lipinski definition) is 2. The number of nitrogens with zero attached hydrogens (tertiary/aromatic N) is 3. The van der Waals surface area contributed by atoms with Crippen molar-refractivity contribution < 1.29 is 0 Å². The van der Waals surface area contributed by atoms with Crippen LogP contribution >= 0.6 is 0 Å². The van der Waals surface area contributed by atoms with Crippen LogP contribution in [-0.4, -0.2) is 9.55 Å². The maximum atomic E-state index is 9.26. The Kier molecular flexibility index (Phi) is 5.97. The van der Waals surface area contributed by atoms with Crippen LogP contribution in [0.5, 0.6) is 0 Å². The van der Waals surface area contributed by atoms with Crippen LogP contribution in [0.3, 0.4) is 0 Å². The highest BCUT2D eigenvalue weighted by Crippen LogP contribution is 2.38. The summed E-state index contributed by atoms with van der Waals surface area (Å²) in [5.74, 6) is 1.64. The normalized spacial score (nSPS) is 11.2. The monoisotopic (exact) mass is 419 g/mol. The number of hydrogen-bond donors (Lipinski definition) is 0. The molecule has 3 heteroatoms. The zero-order valence-corrected chi connectivity index (χ0v) is 19.4. The van der Waals surface area contributed by atoms with Gasteiger partial charge in [-0.25, -0.2) is 4.98 Å². The quantitative estimate of drug-likeness (QED) is 0.333. The lowest BCUT2D eigenvalue weighted by Crippen LogP contribution is -2.09. The highest BCUT2D eigenvalue weighted by atomic mass is 15.1. The standard InChI is InChI=1S/C29H29N3/c1-19(2)26-16-24(25-12-11-22(18-30)15-21(25)5)17-27(20(3)4)28(26)32-14-13-31-29(32)23-9-7-6-8-10-23/h6-17,19-20H,1-5H3. The number of aromatic nitrogens is 2. The Hall–Kier alpha value is -3.64. The lowest BCUT2D eigenvalue weighted by Gasteiger charge is -2.24. The van der Waals surface area contributed by atoms with E-state index in [0.717, 1.165) is 17.0 Å². The Morgan fingerprint density at radius 1 is 0.844 bits per heavy atom. The summed E-state index contributed by atoms with van der Waals surface area (Å²) in [5.41, 5.74) is 9.11. The van der Waals surface area contributed by atoms with E-state index < -0.39 is 0 Å². The Morgan fingerprint density at radius 2 is 1.50 bits per heavy atom. The molecule has 0 amide bonds. The molecule has 0 fully saturated rings. The highest BCUT2D eigenvalue weighted by molar-refractivity contribution is 5.74. The van der Waals surface area contributed by atoms with Crippen LogP contribution in [-0.2, 0) is 0 Å². The predicted molar refractivity (Wildman–Crippen MR) is 132 cm³/mol. The molecular weight excluding hydrogens is 390 g/mol. The fraction of sp³-hybridized carbons (Fsp3) is 0.241. The Morgan fingerprint density at radius 3 is 2.06 bits per heavy atom. The highest BCUT2D eigenvalue weighted by Gasteiger charge is 2.21. The van der Waals surface area contributed by atoms with Crippen LogP contribution in [0.2, 0.25) is 0 Å². The van der Waals surface area contributed by atoms with Crippen molar-refractivity contribution in [1.82, 2.24) is 9.55 Å². The second-order valence-electron chi connectivity index (χ2n) is 8.94. The molecule has 0 radical (unpaired) electrons. The molecule has 0 unspecified atom stereocenters. The minimum atomic E-state index is 0.340. The fourth-order valence-electron chi connectivity index (χ4n) is 4.34. The molecule has 3 nitrogen and oxygen atoms in total. The molecule has 0 aliphatic heterocycles. The number of aryl methyl sites for hydroxylation is 1. The molecule has 0 atom stereocenters. The Balaban J connectivity index is 1.98. The molecule has 0 aliphatic carbocycles. The third kappa shape index (κ3) is 3.97. The van der Waals surface area contributed by atoms with E-state index in [2.05, 4.69) is 93.9 Å². The third-order valence-corrected chi connectivity index (χ3v) is 5.99. The van der Waals surface area contributed by atoms with Crippen LogP contribution in [0.25, 0.3) is 28.2 Å². The molecule has 0 spiro atoms. The first-order valence-electron chi connectivity index (χ1n) is 11.2. The molecule has 0 N–H and O–H groups in total. The van der Waals surface area contributed by atoms with Gasteiger partial charge in [-0.2, -0.15) is 5.26 Å². The summed E-state index contributed by atoms with van der Waals surface area (Å²) in [6.07, 6.45) is 3.96. The van der Waals surface area contributed by atoms with Crippen LogP contribution < -0.4 is 0 Å². The molecular formula is C29H29N3. The fourth-order valence-corrected chi connectivity index (χ4v) is 4.34. The van der Waals surface area contributed by atoms with Gasteiger partial charge in [0.1, 0.15) is 5.82 Å². The maximum absolute atomic E-state index is 9.26. The lowest BCUT2D eigenvalue weighted by atomic mass is 9.87. The summed E-state index contributed by atoms with van der Waals surface area (Å²) in [6, 6.07) is 23.2. The first-order chi connectivity index (χ1) is 15.4. The smallest absolute Gasteiger partial charge is 0.144 e. The molecule has 3 aromatic carbocycles. The van der Waals surface area contributed by atoms with Crippen molar-refractivity contribution in [2.75, 3.05) is 0 Å². The van der Waals surface area contributed by atoms with E-state index in [9.17, 15) is 5.26 Å². The predicted octanol–water partition coefficient (Wildman–Crippen LogP) is 7.63. The molecule has 4 rings (SSSR count). The van der Waals surface area contributed by atoms with Crippen molar-refractivity contribution in [1.29, 1.82) is 5.26 Å². The van der Waals surface area contributed by atoms with Crippen LogP contribution in [0.4, 0.5) is 0 Å². The van der Waals surface area contributed by atoms with E-state index >= 15 is 0 Å². The van der Waals surface area contributed by atoms with Gasteiger partial charge in [0.25, 0.3) is 0 Å². The van der Waals surface area contributed by atoms with Gasteiger partial charge in [0.05, 0.1) is 17.3 Å². The van der Waals surface area contributed by atoms with Gasteiger partial charge in [0.15, 0.2) is 0 Å². The van der Waals surface area contributed by atoms with Gasteiger partial charge in [-0.05, 0) is 70.8 Å². The van der Waals surface area contributed by atoms with E-state index in [-0.39, 0.29) is 0 Å². The number of rotatable bonds is 5. The summed E-state index contributed by atoms with van der Waals surface area (Å²) in [5, 5.41) is 9.26. The molecule has 32 heavy (non-hydrogen) atoms. The SMILES string of the molecule is Cc1cc(C#N)ccc1-c1cc(C(C)C)c(-n2ccnc2-c2ccccc2)c(C(C)C)c1. The van der Waals surface area contributed by atoms with Gasteiger partial charge in [-0.3, -0.25) is 4.57 Å².